The Hall–Kier alpha value is -2.87. The average Bonchev–Trinajstić information content (AvgIpc) is 3.29. The summed E-state index contributed by atoms with van der Waals surface area (Å²) in [7, 11) is 1.71. The Labute approximate surface area is 193 Å². The zero-order chi connectivity index (χ0) is 22.9. The van der Waals surface area contributed by atoms with Gasteiger partial charge in [-0.05, 0) is 49.1 Å². The van der Waals surface area contributed by atoms with Gasteiger partial charge >= 0.3 is 5.97 Å². The zero-order valence-corrected chi connectivity index (χ0v) is 19.1. The van der Waals surface area contributed by atoms with Crippen molar-refractivity contribution in [1.82, 2.24) is 15.2 Å². The highest BCUT2D eigenvalue weighted by Gasteiger charge is 2.34. The van der Waals surface area contributed by atoms with Gasteiger partial charge in [-0.15, -0.1) is 0 Å². The van der Waals surface area contributed by atoms with E-state index in [2.05, 4.69) is 34.3 Å². The molecular weight excluding hydrogens is 418 g/mol. The summed E-state index contributed by atoms with van der Waals surface area (Å²) in [6.07, 6.45) is 3.83. The van der Waals surface area contributed by atoms with Crippen LogP contribution in [0.5, 0.6) is 5.75 Å². The first-order chi connectivity index (χ1) is 16.0. The van der Waals surface area contributed by atoms with E-state index in [9.17, 15) is 9.90 Å². The van der Waals surface area contributed by atoms with Crippen LogP contribution in [0.15, 0.2) is 42.6 Å². The predicted molar refractivity (Wildman–Crippen MR) is 127 cm³/mol. The summed E-state index contributed by atoms with van der Waals surface area (Å²) in [4.78, 5) is 17.8. The fraction of sp³-hybridized carbons (Fsp3) is 0.423. The number of hydrogen-bond acceptors (Lipinski definition) is 5. The first-order valence-electron chi connectivity index (χ1n) is 11.6. The van der Waals surface area contributed by atoms with Crippen molar-refractivity contribution in [3.8, 4) is 5.75 Å². The zero-order valence-electron chi connectivity index (χ0n) is 19.1. The van der Waals surface area contributed by atoms with Crippen molar-refractivity contribution < 1.29 is 19.4 Å². The first-order valence-corrected chi connectivity index (χ1v) is 11.6. The summed E-state index contributed by atoms with van der Waals surface area (Å²) >= 11 is 0. The van der Waals surface area contributed by atoms with Crippen molar-refractivity contribution >= 4 is 16.9 Å². The largest absolute Gasteiger partial charge is 0.496 e. The molecule has 2 saturated heterocycles. The van der Waals surface area contributed by atoms with Crippen molar-refractivity contribution in [2.24, 2.45) is 0 Å². The van der Waals surface area contributed by atoms with Crippen LogP contribution in [0.3, 0.4) is 0 Å². The number of rotatable bonds is 7. The number of nitrogens with zero attached hydrogens (tertiary/aromatic N) is 1. The SMILES string of the molecule is COc1cc(C)c2[nH]ccc2c1CN1CC[C@H](NC2COC2)C[C@H]1c1ccccc1C(=O)O. The maximum Gasteiger partial charge on any atom is 0.336 e. The number of carboxylic acid groups (broad SMARTS) is 1. The lowest BCUT2D eigenvalue weighted by Crippen LogP contribution is -2.53. The van der Waals surface area contributed by atoms with Gasteiger partial charge in [-0.2, -0.15) is 0 Å². The molecule has 0 saturated carbocycles. The molecule has 5 rings (SSSR count). The molecule has 1 aromatic heterocycles. The van der Waals surface area contributed by atoms with Crippen LogP contribution < -0.4 is 10.1 Å². The number of benzene rings is 2. The maximum atomic E-state index is 12.0. The molecule has 0 spiro atoms. The molecule has 3 N–H and O–H groups in total. The van der Waals surface area contributed by atoms with E-state index < -0.39 is 5.97 Å². The molecule has 7 nitrogen and oxygen atoms in total. The van der Waals surface area contributed by atoms with Crippen molar-refractivity contribution in [3.05, 3.63) is 64.8 Å². The summed E-state index contributed by atoms with van der Waals surface area (Å²) in [6.45, 7) is 5.14. The van der Waals surface area contributed by atoms with Crippen LogP contribution in [-0.4, -0.2) is 59.9 Å². The Morgan fingerprint density at radius 1 is 1.27 bits per heavy atom. The van der Waals surface area contributed by atoms with Gasteiger partial charge in [-0.1, -0.05) is 18.2 Å². The van der Waals surface area contributed by atoms with E-state index in [1.807, 2.05) is 18.3 Å². The number of methoxy groups -OCH3 is 1. The van der Waals surface area contributed by atoms with E-state index in [-0.39, 0.29) is 6.04 Å². The number of nitrogens with one attached hydrogen (secondary N) is 2. The fourth-order valence-corrected chi connectivity index (χ4v) is 5.31. The lowest BCUT2D eigenvalue weighted by Gasteiger charge is -2.43. The maximum absolute atomic E-state index is 12.0. The Kier molecular flexibility index (Phi) is 6.10. The van der Waals surface area contributed by atoms with E-state index in [0.717, 1.165) is 65.9 Å². The van der Waals surface area contributed by atoms with Crippen LogP contribution in [0.25, 0.3) is 10.9 Å². The van der Waals surface area contributed by atoms with E-state index in [1.54, 1.807) is 19.2 Å². The summed E-state index contributed by atoms with van der Waals surface area (Å²) in [5, 5.41) is 14.8. The molecule has 2 fully saturated rings. The summed E-state index contributed by atoms with van der Waals surface area (Å²) in [6, 6.07) is 12.3. The smallest absolute Gasteiger partial charge is 0.336 e. The first kappa shape index (κ1) is 21.9. The highest BCUT2D eigenvalue weighted by atomic mass is 16.5. The molecule has 0 bridgehead atoms. The summed E-state index contributed by atoms with van der Waals surface area (Å²) in [5.74, 6) is -0.00861. The standard InChI is InChI=1S/C26H31N3O4/c1-16-11-24(32-2)22(20-7-9-27-25(16)20)13-29-10-8-17(28-18-14-33-15-18)12-23(29)19-5-3-4-6-21(19)26(30)31/h3-7,9,11,17-18,23,27-28H,8,10,12-15H2,1-2H3,(H,30,31)/t17-,23-/m0/s1. The van der Waals surface area contributed by atoms with Crippen LogP contribution in [0.4, 0.5) is 0 Å². The van der Waals surface area contributed by atoms with E-state index in [1.165, 1.54) is 0 Å². The van der Waals surface area contributed by atoms with Crippen LogP contribution in [0, 0.1) is 6.92 Å². The second-order valence-electron chi connectivity index (χ2n) is 9.14. The third-order valence-electron chi connectivity index (χ3n) is 7.07. The second-order valence-corrected chi connectivity index (χ2v) is 9.14. The van der Waals surface area contributed by atoms with Crippen LogP contribution >= 0.6 is 0 Å². The molecule has 2 atom stereocenters. The molecule has 0 radical (unpaired) electrons. The molecule has 0 aliphatic carbocycles. The van der Waals surface area contributed by atoms with Gasteiger partial charge in [0.2, 0.25) is 0 Å². The third-order valence-corrected chi connectivity index (χ3v) is 7.07. The molecule has 2 aliphatic heterocycles. The number of aromatic amines is 1. The minimum atomic E-state index is -0.881. The number of piperidine rings is 1. The average molecular weight is 450 g/mol. The van der Waals surface area contributed by atoms with Crippen LogP contribution in [0.2, 0.25) is 0 Å². The number of hydrogen-bond donors (Lipinski definition) is 3. The number of likely N-dealkylation sites (tertiary alicyclic amines) is 1. The third kappa shape index (κ3) is 4.24. The van der Waals surface area contributed by atoms with Gasteiger partial charge in [0.15, 0.2) is 0 Å². The molecule has 33 heavy (non-hydrogen) atoms. The normalized spacial score (nSPS) is 21.8. The monoisotopic (exact) mass is 449 g/mol. The number of aromatic nitrogens is 1. The Morgan fingerprint density at radius 2 is 2.09 bits per heavy atom. The Morgan fingerprint density at radius 3 is 2.82 bits per heavy atom. The molecule has 0 unspecified atom stereocenters. The van der Waals surface area contributed by atoms with Crippen LogP contribution in [-0.2, 0) is 11.3 Å². The van der Waals surface area contributed by atoms with Crippen molar-refractivity contribution in [2.75, 3.05) is 26.9 Å². The topological polar surface area (TPSA) is 86.8 Å². The lowest BCUT2D eigenvalue weighted by molar-refractivity contribution is -0.0168. The number of ether oxygens (including phenoxy) is 2. The number of fused-ring (bicyclic) bond motifs is 1. The molecule has 2 aliphatic rings. The van der Waals surface area contributed by atoms with Crippen molar-refractivity contribution in [1.29, 1.82) is 0 Å². The highest BCUT2D eigenvalue weighted by molar-refractivity contribution is 5.90. The number of carboxylic acids is 1. The fourth-order valence-electron chi connectivity index (χ4n) is 5.31. The number of aryl methyl sites for hydroxylation is 1. The van der Waals surface area contributed by atoms with Gasteiger partial charge in [-0.25, -0.2) is 4.79 Å². The Balaban J connectivity index is 1.51. The van der Waals surface area contributed by atoms with Crippen molar-refractivity contribution in [3.63, 3.8) is 0 Å². The molecule has 7 heteroatoms. The second kappa shape index (κ2) is 9.17. The number of aromatic carboxylic acids is 1. The molecular formula is C26H31N3O4. The number of carbonyl (C=O) groups is 1. The van der Waals surface area contributed by atoms with Gasteiger partial charge in [0.05, 0.1) is 31.9 Å². The van der Waals surface area contributed by atoms with E-state index in [4.69, 9.17) is 9.47 Å². The van der Waals surface area contributed by atoms with Gasteiger partial charge in [0, 0.05) is 47.8 Å². The molecule has 0 amide bonds. The highest BCUT2D eigenvalue weighted by Crippen LogP contribution is 2.38. The molecule has 2 aromatic carbocycles. The minimum Gasteiger partial charge on any atom is -0.496 e. The lowest BCUT2D eigenvalue weighted by atomic mass is 9.88. The van der Waals surface area contributed by atoms with Crippen molar-refractivity contribution in [2.45, 2.75) is 44.4 Å². The summed E-state index contributed by atoms with van der Waals surface area (Å²) < 4.78 is 11.1. The van der Waals surface area contributed by atoms with Gasteiger partial charge in [-0.3, -0.25) is 4.90 Å². The molecule has 3 heterocycles. The molecule has 174 valence electrons. The summed E-state index contributed by atoms with van der Waals surface area (Å²) in [5.41, 5.74) is 4.65. The van der Waals surface area contributed by atoms with E-state index in [0.29, 0.717) is 24.2 Å². The Bertz CT molecular complexity index is 1150. The van der Waals surface area contributed by atoms with Crippen LogP contribution in [0.1, 0.15) is 45.9 Å². The predicted octanol–water partition coefficient (Wildman–Crippen LogP) is 3.88. The quantitative estimate of drug-likeness (QED) is 0.508. The van der Waals surface area contributed by atoms with E-state index >= 15 is 0 Å². The van der Waals surface area contributed by atoms with Gasteiger partial charge < -0.3 is 24.9 Å². The minimum absolute atomic E-state index is 0.00968. The van der Waals surface area contributed by atoms with Gasteiger partial charge in [0.25, 0.3) is 0 Å². The molecule has 3 aromatic rings. The van der Waals surface area contributed by atoms with Gasteiger partial charge in [0.1, 0.15) is 5.75 Å². The number of H-pyrrole nitrogens is 1.